The third kappa shape index (κ3) is 5.71. The van der Waals surface area contributed by atoms with Crippen molar-refractivity contribution in [2.45, 2.75) is 83.8 Å². The quantitative estimate of drug-likeness (QED) is 0.739. The number of nitrogens with one attached hydrogen (secondary N) is 1. The molecule has 1 rings (SSSR count). The first-order valence-electron chi connectivity index (χ1n) is 8.72. The number of hydrogen-bond donors (Lipinski definition) is 1. The first kappa shape index (κ1) is 17.9. The molecule has 0 heterocycles. The lowest BCUT2D eigenvalue weighted by Gasteiger charge is -2.42. The molecule has 3 nitrogen and oxygen atoms in total. The van der Waals surface area contributed by atoms with Gasteiger partial charge in [0.2, 0.25) is 0 Å². The van der Waals surface area contributed by atoms with E-state index in [2.05, 4.69) is 31.0 Å². The minimum Gasteiger partial charge on any atom is -0.383 e. The van der Waals surface area contributed by atoms with E-state index in [0.717, 1.165) is 19.7 Å². The van der Waals surface area contributed by atoms with Gasteiger partial charge in [-0.3, -0.25) is 4.90 Å². The summed E-state index contributed by atoms with van der Waals surface area (Å²) in [5.41, 5.74) is 0. The topological polar surface area (TPSA) is 24.5 Å². The Morgan fingerprint density at radius 1 is 1.15 bits per heavy atom. The van der Waals surface area contributed by atoms with Gasteiger partial charge in [0.1, 0.15) is 0 Å². The van der Waals surface area contributed by atoms with Crippen LogP contribution in [0.15, 0.2) is 0 Å². The molecule has 0 aromatic carbocycles. The maximum Gasteiger partial charge on any atom is 0.0589 e. The molecule has 0 saturated heterocycles. The molecule has 3 atom stereocenters. The Bertz CT molecular complexity index is 235. The molecule has 3 heteroatoms. The van der Waals surface area contributed by atoms with Gasteiger partial charge in [0.05, 0.1) is 6.61 Å². The van der Waals surface area contributed by atoms with Crippen molar-refractivity contribution in [3.05, 3.63) is 0 Å². The van der Waals surface area contributed by atoms with Crippen LogP contribution in [-0.2, 0) is 4.74 Å². The lowest BCUT2D eigenvalue weighted by molar-refractivity contribution is 0.0603. The van der Waals surface area contributed by atoms with Crippen LogP contribution in [0.25, 0.3) is 0 Å². The van der Waals surface area contributed by atoms with Crippen molar-refractivity contribution in [3.8, 4) is 0 Å². The minimum atomic E-state index is 0.649. The molecule has 1 aliphatic carbocycles. The third-order valence-corrected chi connectivity index (χ3v) is 4.83. The van der Waals surface area contributed by atoms with Crippen LogP contribution in [0.3, 0.4) is 0 Å². The Morgan fingerprint density at radius 3 is 2.45 bits per heavy atom. The van der Waals surface area contributed by atoms with Crippen LogP contribution < -0.4 is 5.32 Å². The van der Waals surface area contributed by atoms with Crippen LogP contribution in [0, 0.1) is 0 Å². The van der Waals surface area contributed by atoms with Crippen LogP contribution in [0.4, 0.5) is 0 Å². The molecule has 0 aromatic heterocycles. The predicted octanol–water partition coefficient (Wildman–Crippen LogP) is 3.43. The fourth-order valence-corrected chi connectivity index (χ4v) is 3.51. The predicted molar refractivity (Wildman–Crippen MR) is 87.3 cm³/mol. The maximum absolute atomic E-state index is 5.35. The Balaban J connectivity index is 2.77. The van der Waals surface area contributed by atoms with Crippen LogP contribution in [0.5, 0.6) is 0 Å². The molecule has 1 fully saturated rings. The lowest BCUT2D eigenvalue weighted by Crippen LogP contribution is -2.54. The second kappa shape index (κ2) is 10.6. The van der Waals surface area contributed by atoms with E-state index in [1.165, 1.54) is 44.9 Å². The Morgan fingerprint density at radius 2 is 1.85 bits per heavy atom. The number of methoxy groups -OCH3 is 1. The largest absolute Gasteiger partial charge is 0.383 e. The van der Waals surface area contributed by atoms with Gasteiger partial charge in [-0.2, -0.15) is 0 Å². The summed E-state index contributed by atoms with van der Waals surface area (Å²) in [5.74, 6) is 0. The van der Waals surface area contributed by atoms with Gasteiger partial charge in [0, 0.05) is 31.8 Å². The van der Waals surface area contributed by atoms with Gasteiger partial charge in [0.25, 0.3) is 0 Å². The molecule has 0 bridgehead atoms. The fourth-order valence-electron chi connectivity index (χ4n) is 3.51. The summed E-state index contributed by atoms with van der Waals surface area (Å²) in [4.78, 5) is 2.71. The van der Waals surface area contributed by atoms with E-state index in [9.17, 15) is 0 Å². The van der Waals surface area contributed by atoms with Gasteiger partial charge < -0.3 is 10.1 Å². The van der Waals surface area contributed by atoms with Crippen molar-refractivity contribution in [2.24, 2.45) is 0 Å². The van der Waals surface area contributed by atoms with E-state index in [-0.39, 0.29) is 0 Å². The SMILES string of the molecule is CCNC1CCCCCCC1N(CCOC)C(C)CC. The van der Waals surface area contributed by atoms with Crippen molar-refractivity contribution >= 4 is 0 Å². The van der Waals surface area contributed by atoms with E-state index in [1.54, 1.807) is 0 Å². The number of hydrogen-bond acceptors (Lipinski definition) is 3. The summed E-state index contributed by atoms with van der Waals surface area (Å²) in [6, 6.07) is 1.99. The molecule has 120 valence electrons. The molecule has 0 aliphatic heterocycles. The zero-order valence-corrected chi connectivity index (χ0v) is 14.2. The van der Waals surface area contributed by atoms with Crippen molar-refractivity contribution in [3.63, 3.8) is 0 Å². The zero-order chi connectivity index (χ0) is 14.8. The summed E-state index contributed by atoms with van der Waals surface area (Å²) in [7, 11) is 1.81. The summed E-state index contributed by atoms with van der Waals surface area (Å²) in [5, 5.41) is 3.76. The first-order valence-corrected chi connectivity index (χ1v) is 8.72. The van der Waals surface area contributed by atoms with E-state index >= 15 is 0 Å². The van der Waals surface area contributed by atoms with Crippen LogP contribution >= 0.6 is 0 Å². The highest BCUT2D eigenvalue weighted by molar-refractivity contribution is 4.88. The fraction of sp³-hybridized carbons (Fsp3) is 1.00. The molecule has 0 amide bonds. The Labute approximate surface area is 126 Å². The third-order valence-electron chi connectivity index (χ3n) is 4.83. The van der Waals surface area contributed by atoms with Crippen LogP contribution in [0.1, 0.15) is 65.7 Å². The average Bonchev–Trinajstić information content (AvgIpc) is 2.44. The average molecular weight is 284 g/mol. The number of nitrogens with zero attached hydrogens (tertiary/aromatic N) is 1. The van der Waals surface area contributed by atoms with Gasteiger partial charge >= 0.3 is 0 Å². The van der Waals surface area contributed by atoms with Gasteiger partial charge in [-0.25, -0.2) is 0 Å². The summed E-state index contributed by atoms with van der Waals surface area (Å²) in [6.07, 6.45) is 9.48. The molecule has 1 saturated carbocycles. The summed E-state index contributed by atoms with van der Waals surface area (Å²) >= 11 is 0. The molecular formula is C17H36N2O. The number of likely N-dealkylation sites (N-methyl/N-ethyl adjacent to an activating group) is 1. The summed E-state index contributed by atoms with van der Waals surface area (Å²) < 4.78 is 5.35. The first-order chi connectivity index (χ1) is 9.74. The highest BCUT2D eigenvalue weighted by Gasteiger charge is 2.29. The van der Waals surface area contributed by atoms with Gasteiger partial charge in [-0.15, -0.1) is 0 Å². The molecule has 1 N–H and O–H groups in total. The van der Waals surface area contributed by atoms with E-state index in [0.29, 0.717) is 18.1 Å². The van der Waals surface area contributed by atoms with Gasteiger partial charge in [-0.1, -0.05) is 39.5 Å². The maximum atomic E-state index is 5.35. The van der Waals surface area contributed by atoms with Crippen molar-refractivity contribution < 1.29 is 4.74 Å². The molecule has 1 aliphatic rings. The zero-order valence-electron chi connectivity index (χ0n) is 14.2. The second-order valence-corrected chi connectivity index (χ2v) is 6.21. The van der Waals surface area contributed by atoms with Gasteiger partial charge in [0.15, 0.2) is 0 Å². The van der Waals surface area contributed by atoms with Crippen molar-refractivity contribution in [2.75, 3.05) is 26.8 Å². The lowest BCUT2D eigenvalue weighted by atomic mass is 9.90. The highest BCUT2D eigenvalue weighted by Crippen LogP contribution is 2.24. The molecule has 0 spiro atoms. The van der Waals surface area contributed by atoms with Crippen molar-refractivity contribution in [1.82, 2.24) is 10.2 Å². The second-order valence-electron chi connectivity index (χ2n) is 6.21. The molecular weight excluding hydrogens is 248 g/mol. The normalized spacial score (nSPS) is 26.2. The van der Waals surface area contributed by atoms with E-state index < -0.39 is 0 Å². The molecule has 3 unspecified atom stereocenters. The molecule has 0 aromatic rings. The van der Waals surface area contributed by atoms with Crippen LogP contribution in [0.2, 0.25) is 0 Å². The number of ether oxygens (including phenoxy) is 1. The standard InChI is InChI=1S/C17H36N2O/c1-5-15(3)19(13-14-20-4)17-12-10-8-7-9-11-16(17)18-6-2/h15-18H,5-14H2,1-4H3. The molecule has 20 heavy (non-hydrogen) atoms. The monoisotopic (exact) mass is 284 g/mol. The van der Waals surface area contributed by atoms with E-state index in [4.69, 9.17) is 4.74 Å². The van der Waals surface area contributed by atoms with E-state index in [1.807, 2.05) is 7.11 Å². The number of rotatable bonds is 8. The van der Waals surface area contributed by atoms with Crippen LogP contribution in [-0.4, -0.2) is 49.8 Å². The summed E-state index contributed by atoms with van der Waals surface area (Å²) in [6.45, 7) is 9.91. The Hall–Kier alpha value is -0.120. The van der Waals surface area contributed by atoms with Gasteiger partial charge in [-0.05, 0) is 32.7 Å². The van der Waals surface area contributed by atoms with Crippen molar-refractivity contribution in [1.29, 1.82) is 0 Å². The highest BCUT2D eigenvalue weighted by atomic mass is 16.5. The smallest absolute Gasteiger partial charge is 0.0589 e. The molecule has 0 radical (unpaired) electrons. The Kier molecular flexibility index (Phi) is 9.49. The minimum absolute atomic E-state index is 0.649.